The number of halogens is 1. The maximum absolute atomic E-state index is 12.9. The molecule has 2 aromatic heterocycles. The second kappa shape index (κ2) is 7.90. The van der Waals surface area contributed by atoms with Gasteiger partial charge in [-0.05, 0) is 19.1 Å². The van der Waals surface area contributed by atoms with Crippen LogP contribution in [0.5, 0.6) is 0 Å². The summed E-state index contributed by atoms with van der Waals surface area (Å²) in [5.41, 5.74) is 2.60. The zero-order chi connectivity index (χ0) is 19.7. The Hall–Kier alpha value is -2.42. The minimum atomic E-state index is -0.240. The topological polar surface area (TPSA) is 80.2 Å². The molecule has 3 heterocycles. The van der Waals surface area contributed by atoms with Gasteiger partial charge in [0.2, 0.25) is 11.0 Å². The van der Waals surface area contributed by atoms with Crippen LogP contribution in [0.4, 0.5) is 0 Å². The van der Waals surface area contributed by atoms with E-state index < -0.39 is 0 Å². The van der Waals surface area contributed by atoms with E-state index in [4.69, 9.17) is 16.3 Å². The summed E-state index contributed by atoms with van der Waals surface area (Å²) >= 11 is 7.29. The Morgan fingerprint density at radius 2 is 2.00 bits per heavy atom. The number of carbonyl (C=O) groups excluding carboxylic acids is 1. The maximum Gasteiger partial charge on any atom is 0.277 e. The average Bonchev–Trinajstić information content (AvgIpc) is 3.30. The van der Waals surface area contributed by atoms with Gasteiger partial charge >= 0.3 is 0 Å². The number of amides is 1. The number of benzene rings is 1. The van der Waals surface area contributed by atoms with Crippen LogP contribution in [0.15, 0.2) is 34.4 Å². The highest BCUT2D eigenvalue weighted by Gasteiger charge is 2.22. The number of rotatable bonds is 4. The Kier molecular flexibility index (Phi) is 5.34. The summed E-state index contributed by atoms with van der Waals surface area (Å²) in [6, 6.07) is 7.37. The lowest BCUT2D eigenvalue weighted by atomic mass is 10.1. The zero-order valence-corrected chi connectivity index (χ0v) is 16.8. The molecule has 0 atom stereocenters. The second-order valence-electron chi connectivity index (χ2n) is 6.55. The lowest BCUT2D eigenvalue weighted by Gasteiger charge is -2.26. The van der Waals surface area contributed by atoms with E-state index in [1.54, 1.807) is 24.0 Å². The van der Waals surface area contributed by atoms with Crippen molar-refractivity contribution in [2.24, 2.45) is 0 Å². The lowest BCUT2D eigenvalue weighted by molar-refractivity contribution is -0.134. The molecular weight excluding hydrogens is 400 g/mol. The number of aryl methyl sites for hydroxylation is 1. The van der Waals surface area contributed by atoms with E-state index in [0.717, 1.165) is 11.3 Å². The number of H-pyrrole nitrogens is 1. The molecule has 1 aliphatic heterocycles. The summed E-state index contributed by atoms with van der Waals surface area (Å²) in [5, 5.41) is 6.12. The predicted molar refractivity (Wildman–Crippen MR) is 108 cm³/mol. The number of hydrogen-bond donors (Lipinski definition) is 1. The SMILES string of the molecule is Cc1[nH]n(-c2nc(-c3ccc(Cl)cc3)cs2)c(=O)c1CC(=O)N1CCOCC1. The van der Waals surface area contributed by atoms with Gasteiger partial charge < -0.3 is 9.64 Å². The van der Waals surface area contributed by atoms with Crippen molar-refractivity contribution < 1.29 is 9.53 Å². The van der Waals surface area contributed by atoms with E-state index in [2.05, 4.69) is 10.1 Å². The molecule has 1 aromatic carbocycles. The number of aromatic amines is 1. The summed E-state index contributed by atoms with van der Waals surface area (Å²) in [5.74, 6) is -0.0596. The fraction of sp³-hybridized carbons (Fsp3) is 0.316. The van der Waals surface area contributed by atoms with Gasteiger partial charge in [0.1, 0.15) is 0 Å². The molecule has 0 aliphatic carbocycles. The molecular formula is C19H19ClN4O3S. The summed E-state index contributed by atoms with van der Waals surface area (Å²) in [7, 11) is 0. The lowest BCUT2D eigenvalue weighted by Crippen LogP contribution is -2.42. The van der Waals surface area contributed by atoms with Gasteiger partial charge in [-0.2, -0.15) is 4.68 Å². The van der Waals surface area contributed by atoms with Crippen LogP contribution < -0.4 is 5.56 Å². The van der Waals surface area contributed by atoms with Crippen LogP contribution in [-0.4, -0.2) is 51.9 Å². The van der Waals surface area contributed by atoms with Gasteiger partial charge in [0, 0.05) is 40.3 Å². The Bertz CT molecular complexity index is 1050. The number of morpholine rings is 1. The summed E-state index contributed by atoms with van der Waals surface area (Å²) < 4.78 is 6.68. The van der Waals surface area contributed by atoms with E-state index in [0.29, 0.717) is 47.7 Å². The molecule has 7 nitrogen and oxygen atoms in total. The Balaban J connectivity index is 1.58. The normalized spacial score (nSPS) is 14.4. The molecule has 1 saturated heterocycles. The third kappa shape index (κ3) is 3.76. The number of hydrogen-bond acceptors (Lipinski definition) is 5. The standard InChI is InChI=1S/C19H19ClN4O3S/c1-12-15(10-17(25)23-6-8-27-9-7-23)18(26)24(22-12)19-21-16(11-28-19)13-2-4-14(20)5-3-13/h2-5,11,22H,6-10H2,1H3. The molecule has 1 aliphatic rings. The van der Waals surface area contributed by atoms with Gasteiger partial charge in [0.25, 0.3) is 5.56 Å². The largest absolute Gasteiger partial charge is 0.378 e. The first-order valence-corrected chi connectivity index (χ1v) is 10.2. The van der Waals surface area contributed by atoms with Crippen LogP contribution in [0.1, 0.15) is 11.3 Å². The number of ether oxygens (including phenoxy) is 1. The van der Waals surface area contributed by atoms with E-state index in [9.17, 15) is 9.59 Å². The van der Waals surface area contributed by atoms with Crippen LogP contribution in [0.3, 0.4) is 0 Å². The smallest absolute Gasteiger partial charge is 0.277 e. The van der Waals surface area contributed by atoms with Gasteiger partial charge in [-0.15, -0.1) is 11.3 Å². The van der Waals surface area contributed by atoms with E-state index in [-0.39, 0.29) is 17.9 Å². The van der Waals surface area contributed by atoms with E-state index in [1.807, 2.05) is 17.5 Å². The van der Waals surface area contributed by atoms with Crippen molar-refractivity contribution in [3.63, 3.8) is 0 Å². The van der Waals surface area contributed by atoms with Crippen LogP contribution in [-0.2, 0) is 16.0 Å². The number of carbonyl (C=O) groups is 1. The first-order valence-electron chi connectivity index (χ1n) is 8.91. The molecule has 0 saturated carbocycles. The van der Waals surface area contributed by atoms with Crippen LogP contribution in [0, 0.1) is 6.92 Å². The van der Waals surface area contributed by atoms with Crippen molar-refractivity contribution >= 4 is 28.8 Å². The molecule has 1 amide bonds. The highest BCUT2D eigenvalue weighted by Crippen LogP contribution is 2.25. The first kappa shape index (κ1) is 18.9. The Morgan fingerprint density at radius 1 is 1.29 bits per heavy atom. The monoisotopic (exact) mass is 418 g/mol. The molecule has 0 radical (unpaired) electrons. The molecule has 1 fully saturated rings. The molecule has 146 valence electrons. The fourth-order valence-corrected chi connectivity index (χ4v) is 4.04. The molecule has 0 unspecified atom stereocenters. The zero-order valence-electron chi connectivity index (χ0n) is 15.3. The molecule has 28 heavy (non-hydrogen) atoms. The fourth-order valence-electron chi connectivity index (χ4n) is 3.12. The van der Waals surface area contributed by atoms with E-state index in [1.165, 1.54) is 16.0 Å². The average molecular weight is 419 g/mol. The van der Waals surface area contributed by atoms with Crippen molar-refractivity contribution in [1.82, 2.24) is 19.7 Å². The Morgan fingerprint density at radius 3 is 2.71 bits per heavy atom. The van der Waals surface area contributed by atoms with Gasteiger partial charge in [-0.1, -0.05) is 23.7 Å². The van der Waals surface area contributed by atoms with Crippen LogP contribution in [0.2, 0.25) is 5.02 Å². The van der Waals surface area contributed by atoms with Gasteiger partial charge in [0.15, 0.2) is 0 Å². The third-order valence-corrected chi connectivity index (χ3v) is 5.79. The van der Waals surface area contributed by atoms with Crippen molar-refractivity contribution in [1.29, 1.82) is 0 Å². The number of aromatic nitrogens is 3. The van der Waals surface area contributed by atoms with Gasteiger partial charge in [-0.25, -0.2) is 4.98 Å². The highest BCUT2D eigenvalue weighted by molar-refractivity contribution is 7.12. The molecule has 9 heteroatoms. The second-order valence-corrected chi connectivity index (χ2v) is 7.82. The molecule has 0 bridgehead atoms. The van der Waals surface area contributed by atoms with Crippen LogP contribution >= 0.6 is 22.9 Å². The predicted octanol–water partition coefficient (Wildman–Crippen LogP) is 2.65. The van der Waals surface area contributed by atoms with Gasteiger partial charge in [-0.3, -0.25) is 14.7 Å². The number of nitrogens with one attached hydrogen (secondary N) is 1. The van der Waals surface area contributed by atoms with E-state index >= 15 is 0 Å². The Labute approximate surface area is 170 Å². The van der Waals surface area contributed by atoms with Crippen molar-refractivity contribution in [3.8, 4) is 16.4 Å². The number of nitrogens with zero attached hydrogens (tertiary/aromatic N) is 3. The maximum atomic E-state index is 12.9. The van der Waals surface area contributed by atoms with Crippen molar-refractivity contribution in [2.45, 2.75) is 13.3 Å². The molecule has 4 rings (SSSR count). The quantitative estimate of drug-likeness (QED) is 0.706. The number of thiazole rings is 1. The first-order chi connectivity index (χ1) is 13.5. The summed E-state index contributed by atoms with van der Waals surface area (Å²) in [4.78, 5) is 31.7. The van der Waals surface area contributed by atoms with Crippen molar-refractivity contribution in [2.75, 3.05) is 26.3 Å². The van der Waals surface area contributed by atoms with Crippen molar-refractivity contribution in [3.05, 3.63) is 56.3 Å². The molecule has 0 spiro atoms. The minimum absolute atomic E-state index is 0.0596. The highest BCUT2D eigenvalue weighted by atomic mass is 35.5. The molecule has 1 N–H and O–H groups in total. The summed E-state index contributed by atoms with van der Waals surface area (Å²) in [6.45, 7) is 4.00. The third-order valence-electron chi connectivity index (χ3n) is 4.71. The molecule has 3 aromatic rings. The minimum Gasteiger partial charge on any atom is -0.378 e. The van der Waals surface area contributed by atoms with Crippen LogP contribution in [0.25, 0.3) is 16.4 Å². The summed E-state index contributed by atoms with van der Waals surface area (Å²) in [6.07, 6.45) is 0.0730. The van der Waals surface area contributed by atoms with Gasteiger partial charge in [0.05, 0.1) is 25.3 Å².